The third-order valence-electron chi connectivity index (χ3n) is 3.63. The minimum atomic E-state index is -0.958. The van der Waals surface area contributed by atoms with Gasteiger partial charge in [0.05, 0.1) is 18.4 Å². The fourth-order valence-corrected chi connectivity index (χ4v) is 2.12. The van der Waals surface area contributed by atoms with Crippen LogP contribution < -0.4 is 15.4 Å². The van der Waals surface area contributed by atoms with Gasteiger partial charge in [-0.3, -0.25) is 9.59 Å². The molecule has 1 aromatic carbocycles. The quantitative estimate of drug-likeness (QED) is 0.704. The van der Waals surface area contributed by atoms with Crippen molar-refractivity contribution in [2.24, 2.45) is 5.92 Å². The van der Waals surface area contributed by atoms with Crippen LogP contribution >= 0.6 is 0 Å². The fraction of sp³-hybridized carbons (Fsp3) is 0.467. The van der Waals surface area contributed by atoms with Crippen molar-refractivity contribution in [2.45, 2.75) is 25.4 Å². The van der Waals surface area contributed by atoms with Crippen molar-refractivity contribution >= 4 is 17.5 Å². The highest BCUT2D eigenvalue weighted by molar-refractivity contribution is 6.39. The molecule has 1 aromatic rings. The summed E-state index contributed by atoms with van der Waals surface area (Å²) in [6.45, 7) is 1.74. The summed E-state index contributed by atoms with van der Waals surface area (Å²) in [5.74, 6) is -0.883. The van der Waals surface area contributed by atoms with E-state index in [-0.39, 0.29) is 12.5 Å². The zero-order valence-electron chi connectivity index (χ0n) is 12.2. The largest absolute Gasteiger partial charge is 0.495 e. The molecule has 1 aliphatic carbocycles. The molecule has 0 bridgehead atoms. The lowest BCUT2D eigenvalue weighted by Crippen LogP contribution is -2.45. The van der Waals surface area contributed by atoms with Gasteiger partial charge in [0.1, 0.15) is 5.75 Å². The van der Waals surface area contributed by atoms with E-state index in [0.29, 0.717) is 11.4 Å². The maximum Gasteiger partial charge on any atom is 0.313 e. The van der Waals surface area contributed by atoms with Crippen molar-refractivity contribution < 1.29 is 19.4 Å². The van der Waals surface area contributed by atoms with E-state index in [0.717, 1.165) is 12.8 Å². The second kappa shape index (κ2) is 6.13. The van der Waals surface area contributed by atoms with Gasteiger partial charge in [0, 0.05) is 6.54 Å². The van der Waals surface area contributed by atoms with Crippen molar-refractivity contribution in [1.82, 2.24) is 5.32 Å². The lowest BCUT2D eigenvalue weighted by Gasteiger charge is -2.23. The Morgan fingerprint density at radius 2 is 2.00 bits per heavy atom. The first-order chi connectivity index (χ1) is 9.94. The topological polar surface area (TPSA) is 87.7 Å². The second-order valence-electron chi connectivity index (χ2n) is 5.47. The number of benzene rings is 1. The number of nitrogens with one attached hydrogen (secondary N) is 2. The summed E-state index contributed by atoms with van der Waals surface area (Å²) in [7, 11) is 1.48. The van der Waals surface area contributed by atoms with E-state index in [4.69, 9.17) is 4.74 Å². The highest BCUT2D eigenvalue weighted by Crippen LogP contribution is 2.38. The highest BCUT2D eigenvalue weighted by Gasteiger charge is 2.40. The van der Waals surface area contributed by atoms with Gasteiger partial charge in [0.25, 0.3) is 0 Å². The van der Waals surface area contributed by atoms with Gasteiger partial charge in [-0.2, -0.15) is 0 Å². The average molecular weight is 292 g/mol. The molecule has 6 nitrogen and oxygen atoms in total. The van der Waals surface area contributed by atoms with Crippen molar-refractivity contribution in [3.63, 3.8) is 0 Å². The lowest BCUT2D eigenvalue weighted by atomic mass is 10.0. The second-order valence-corrected chi connectivity index (χ2v) is 5.47. The number of anilines is 1. The zero-order chi connectivity index (χ0) is 15.5. The average Bonchev–Trinajstić information content (AvgIpc) is 3.30. The first-order valence-corrected chi connectivity index (χ1v) is 6.88. The molecule has 1 saturated carbocycles. The molecule has 0 radical (unpaired) electrons. The van der Waals surface area contributed by atoms with E-state index in [1.165, 1.54) is 7.11 Å². The van der Waals surface area contributed by atoms with E-state index in [1.807, 2.05) is 0 Å². The smallest absolute Gasteiger partial charge is 0.313 e. The van der Waals surface area contributed by atoms with Crippen molar-refractivity contribution in [3.8, 4) is 5.75 Å². The molecule has 1 unspecified atom stereocenters. The number of rotatable bonds is 5. The molecular formula is C15H20N2O4. The molecule has 2 rings (SSSR count). The van der Waals surface area contributed by atoms with Crippen LogP contribution in [0.4, 0.5) is 5.69 Å². The molecule has 6 heteroatoms. The predicted octanol–water partition coefficient (Wildman–Crippen LogP) is 0.911. The summed E-state index contributed by atoms with van der Waals surface area (Å²) >= 11 is 0. The molecular weight excluding hydrogens is 272 g/mol. The van der Waals surface area contributed by atoms with E-state index < -0.39 is 17.4 Å². The Labute approximate surface area is 123 Å². The van der Waals surface area contributed by atoms with Crippen LogP contribution in [0.1, 0.15) is 19.8 Å². The zero-order valence-corrected chi connectivity index (χ0v) is 12.2. The Hall–Kier alpha value is -2.08. The number of amides is 2. The van der Waals surface area contributed by atoms with Gasteiger partial charge in [-0.15, -0.1) is 0 Å². The van der Waals surface area contributed by atoms with Crippen LogP contribution in [-0.2, 0) is 9.59 Å². The van der Waals surface area contributed by atoms with E-state index in [9.17, 15) is 14.7 Å². The summed E-state index contributed by atoms with van der Waals surface area (Å²) < 4.78 is 5.09. The maximum atomic E-state index is 11.8. The normalized spacial score (nSPS) is 16.7. The Morgan fingerprint density at radius 3 is 2.62 bits per heavy atom. The van der Waals surface area contributed by atoms with E-state index in [1.54, 1.807) is 31.2 Å². The van der Waals surface area contributed by atoms with Crippen LogP contribution in [0, 0.1) is 5.92 Å². The molecule has 0 aliphatic heterocycles. The third kappa shape index (κ3) is 3.95. The monoisotopic (exact) mass is 292 g/mol. The maximum absolute atomic E-state index is 11.8. The molecule has 114 valence electrons. The molecule has 0 spiro atoms. The van der Waals surface area contributed by atoms with Gasteiger partial charge in [0.2, 0.25) is 0 Å². The minimum absolute atomic E-state index is 0.0653. The first-order valence-electron chi connectivity index (χ1n) is 6.88. The van der Waals surface area contributed by atoms with E-state index >= 15 is 0 Å². The molecule has 3 N–H and O–H groups in total. The molecule has 21 heavy (non-hydrogen) atoms. The van der Waals surface area contributed by atoms with Crippen LogP contribution in [-0.4, -0.2) is 36.2 Å². The summed E-state index contributed by atoms with van der Waals surface area (Å²) in [6, 6.07) is 6.82. The van der Waals surface area contributed by atoms with Crippen LogP contribution in [0.5, 0.6) is 5.75 Å². The first kappa shape index (κ1) is 15.3. The molecule has 2 amide bonds. The number of hydrogen-bond acceptors (Lipinski definition) is 4. The standard InChI is InChI=1S/C15H20N2O4/c1-15(20,10-7-8-10)9-16-13(18)14(19)17-11-5-3-4-6-12(11)21-2/h3-6,10,20H,7-9H2,1-2H3,(H,16,18)(H,17,19). The molecule has 1 atom stereocenters. The highest BCUT2D eigenvalue weighted by atomic mass is 16.5. The Morgan fingerprint density at radius 1 is 1.33 bits per heavy atom. The minimum Gasteiger partial charge on any atom is -0.495 e. The Bertz CT molecular complexity index is 538. The fourth-order valence-electron chi connectivity index (χ4n) is 2.12. The van der Waals surface area contributed by atoms with Crippen LogP contribution in [0.15, 0.2) is 24.3 Å². The number of carbonyl (C=O) groups excluding carboxylic acids is 2. The van der Waals surface area contributed by atoms with Crippen LogP contribution in [0.3, 0.4) is 0 Å². The van der Waals surface area contributed by atoms with Crippen LogP contribution in [0.2, 0.25) is 0 Å². The Balaban J connectivity index is 1.89. The van der Waals surface area contributed by atoms with Crippen LogP contribution in [0.25, 0.3) is 0 Å². The number of ether oxygens (including phenoxy) is 1. The van der Waals surface area contributed by atoms with Gasteiger partial charge in [-0.25, -0.2) is 0 Å². The van der Waals surface area contributed by atoms with Gasteiger partial charge in [0.15, 0.2) is 0 Å². The van der Waals surface area contributed by atoms with Crippen molar-refractivity contribution in [1.29, 1.82) is 0 Å². The number of para-hydroxylation sites is 2. The summed E-state index contributed by atoms with van der Waals surface area (Å²) in [6.07, 6.45) is 1.91. The number of aliphatic hydroxyl groups is 1. The van der Waals surface area contributed by atoms with E-state index in [2.05, 4.69) is 10.6 Å². The van der Waals surface area contributed by atoms with Gasteiger partial charge in [-0.05, 0) is 37.8 Å². The third-order valence-corrected chi connectivity index (χ3v) is 3.63. The number of carbonyl (C=O) groups is 2. The molecule has 1 aliphatic rings. The van der Waals surface area contributed by atoms with Gasteiger partial charge >= 0.3 is 11.8 Å². The lowest BCUT2D eigenvalue weighted by molar-refractivity contribution is -0.136. The van der Waals surface area contributed by atoms with Gasteiger partial charge < -0.3 is 20.5 Å². The number of hydrogen-bond donors (Lipinski definition) is 3. The number of methoxy groups -OCH3 is 1. The molecule has 0 saturated heterocycles. The molecule has 0 heterocycles. The van der Waals surface area contributed by atoms with Gasteiger partial charge in [-0.1, -0.05) is 12.1 Å². The molecule has 1 fully saturated rings. The van der Waals surface area contributed by atoms with Crippen molar-refractivity contribution in [3.05, 3.63) is 24.3 Å². The SMILES string of the molecule is COc1ccccc1NC(=O)C(=O)NCC(C)(O)C1CC1. The predicted molar refractivity (Wildman–Crippen MR) is 78.0 cm³/mol. The Kier molecular flexibility index (Phi) is 4.47. The summed E-state index contributed by atoms with van der Waals surface area (Å²) in [4.78, 5) is 23.6. The summed E-state index contributed by atoms with van der Waals surface area (Å²) in [5.41, 5.74) is -0.533. The summed E-state index contributed by atoms with van der Waals surface area (Å²) in [5, 5.41) is 15.0. The van der Waals surface area contributed by atoms with Crippen molar-refractivity contribution in [2.75, 3.05) is 19.0 Å². The molecule has 0 aromatic heterocycles.